The molecule has 2 aromatic rings. The highest BCUT2D eigenvalue weighted by Gasteiger charge is 2.04. The van der Waals surface area contributed by atoms with Crippen LogP contribution in [0.5, 0.6) is 6.01 Å². The first-order chi connectivity index (χ1) is 8.78. The molecule has 0 saturated heterocycles. The van der Waals surface area contributed by atoms with Crippen molar-refractivity contribution in [3.05, 3.63) is 35.4 Å². The van der Waals surface area contributed by atoms with Crippen molar-refractivity contribution in [3.63, 3.8) is 0 Å². The number of nitrogens with one attached hydrogen (secondary N) is 1. The quantitative estimate of drug-likeness (QED) is 0.885. The van der Waals surface area contributed by atoms with E-state index < -0.39 is 0 Å². The molecule has 0 unspecified atom stereocenters. The summed E-state index contributed by atoms with van der Waals surface area (Å²) in [4.78, 5) is 15.7. The first kappa shape index (κ1) is 12.5. The molecule has 0 fully saturated rings. The second kappa shape index (κ2) is 6.11. The van der Waals surface area contributed by atoms with Crippen LogP contribution in [-0.2, 0) is 6.42 Å². The summed E-state index contributed by atoms with van der Waals surface area (Å²) in [5, 5.41) is 3.17. The molecule has 0 saturated carbocycles. The zero-order valence-electron chi connectivity index (χ0n) is 9.80. The molecule has 0 amide bonds. The van der Waals surface area contributed by atoms with Crippen molar-refractivity contribution in [3.8, 4) is 6.01 Å². The third-order valence-electron chi connectivity index (χ3n) is 2.22. The third kappa shape index (κ3) is 3.53. The number of halogens is 1. The lowest BCUT2D eigenvalue weighted by Gasteiger charge is -2.05. The summed E-state index contributed by atoms with van der Waals surface area (Å²) < 4.78 is 4.91. The first-order valence-electron chi connectivity index (χ1n) is 5.36. The van der Waals surface area contributed by atoms with Crippen molar-refractivity contribution in [2.24, 2.45) is 0 Å². The van der Waals surface area contributed by atoms with Crippen LogP contribution in [-0.4, -0.2) is 33.6 Å². The van der Waals surface area contributed by atoms with Gasteiger partial charge in [0.05, 0.1) is 7.11 Å². The van der Waals surface area contributed by atoms with Gasteiger partial charge in [-0.3, -0.25) is 4.98 Å². The van der Waals surface area contributed by atoms with E-state index in [9.17, 15) is 0 Å². The minimum atomic E-state index is 0.105. The van der Waals surface area contributed by atoms with Gasteiger partial charge in [0.15, 0.2) is 0 Å². The number of methoxy groups -OCH3 is 1. The molecule has 2 heterocycles. The normalized spacial score (nSPS) is 10.1. The molecule has 0 aromatic carbocycles. The maximum absolute atomic E-state index is 5.73. The second-order valence-electron chi connectivity index (χ2n) is 3.45. The Balaban J connectivity index is 1.92. The zero-order valence-corrected chi connectivity index (χ0v) is 10.6. The van der Waals surface area contributed by atoms with Crippen molar-refractivity contribution in [1.82, 2.24) is 19.9 Å². The Kier molecular flexibility index (Phi) is 4.25. The Hall–Kier alpha value is -1.95. The molecule has 1 N–H and O–H groups in total. The van der Waals surface area contributed by atoms with Gasteiger partial charge in [0.2, 0.25) is 11.2 Å². The van der Waals surface area contributed by atoms with Gasteiger partial charge in [0.1, 0.15) is 0 Å². The molecule has 0 aliphatic carbocycles. The number of anilines is 1. The summed E-state index contributed by atoms with van der Waals surface area (Å²) in [5.74, 6) is 0.404. The smallest absolute Gasteiger partial charge is 0.322 e. The molecule has 0 aliphatic heterocycles. The van der Waals surface area contributed by atoms with Crippen LogP contribution in [0.4, 0.5) is 5.95 Å². The van der Waals surface area contributed by atoms with Crippen LogP contribution in [0.2, 0.25) is 5.28 Å². The van der Waals surface area contributed by atoms with Gasteiger partial charge in [-0.2, -0.15) is 15.0 Å². The maximum Gasteiger partial charge on any atom is 0.322 e. The lowest BCUT2D eigenvalue weighted by molar-refractivity contribution is 0.379. The van der Waals surface area contributed by atoms with Crippen molar-refractivity contribution in [2.45, 2.75) is 6.42 Å². The van der Waals surface area contributed by atoms with Crippen molar-refractivity contribution in [1.29, 1.82) is 0 Å². The van der Waals surface area contributed by atoms with Crippen LogP contribution in [0, 0.1) is 0 Å². The summed E-state index contributed by atoms with van der Waals surface area (Å²) >= 11 is 5.73. The molecule has 94 valence electrons. The minimum absolute atomic E-state index is 0.105. The predicted molar refractivity (Wildman–Crippen MR) is 67.8 cm³/mol. The molecule has 0 aliphatic rings. The zero-order chi connectivity index (χ0) is 12.8. The third-order valence-corrected chi connectivity index (χ3v) is 2.39. The fourth-order valence-corrected chi connectivity index (χ4v) is 1.52. The van der Waals surface area contributed by atoms with E-state index in [2.05, 4.69) is 25.3 Å². The van der Waals surface area contributed by atoms with Gasteiger partial charge in [-0.15, -0.1) is 0 Å². The minimum Gasteiger partial charge on any atom is -0.467 e. The number of nitrogens with zero attached hydrogens (tertiary/aromatic N) is 4. The van der Waals surface area contributed by atoms with Crippen LogP contribution in [0.3, 0.4) is 0 Å². The Morgan fingerprint density at radius 3 is 2.72 bits per heavy atom. The van der Waals surface area contributed by atoms with Crippen LogP contribution in [0.25, 0.3) is 0 Å². The Bertz CT molecular complexity index is 508. The Morgan fingerprint density at radius 1 is 1.22 bits per heavy atom. The molecule has 18 heavy (non-hydrogen) atoms. The number of hydrogen-bond acceptors (Lipinski definition) is 6. The van der Waals surface area contributed by atoms with Gasteiger partial charge in [-0.1, -0.05) is 0 Å². The topological polar surface area (TPSA) is 72.8 Å². The number of hydrogen-bond donors (Lipinski definition) is 1. The summed E-state index contributed by atoms with van der Waals surface area (Å²) in [6.07, 6.45) is 4.37. The standard InChI is InChI=1S/C11H12ClN5O/c1-18-11-16-9(12)15-10(17-11)14-7-4-8-2-5-13-6-3-8/h2-3,5-6H,4,7H2,1H3,(H,14,15,16,17). The molecular formula is C11H12ClN5O. The maximum atomic E-state index is 5.73. The first-order valence-corrected chi connectivity index (χ1v) is 5.74. The fraction of sp³-hybridized carbons (Fsp3) is 0.273. The van der Waals surface area contributed by atoms with Gasteiger partial charge in [-0.05, 0) is 35.7 Å². The molecule has 2 rings (SSSR count). The molecule has 0 atom stereocenters. The van der Waals surface area contributed by atoms with E-state index in [-0.39, 0.29) is 11.3 Å². The lowest BCUT2D eigenvalue weighted by Crippen LogP contribution is -2.09. The van der Waals surface area contributed by atoms with E-state index in [1.807, 2.05) is 12.1 Å². The van der Waals surface area contributed by atoms with Crippen molar-refractivity contribution < 1.29 is 4.74 Å². The highest BCUT2D eigenvalue weighted by molar-refractivity contribution is 6.28. The largest absolute Gasteiger partial charge is 0.467 e. The number of ether oxygens (including phenoxy) is 1. The average molecular weight is 266 g/mol. The van der Waals surface area contributed by atoms with Crippen LogP contribution in [0.15, 0.2) is 24.5 Å². The highest BCUT2D eigenvalue weighted by Crippen LogP contribution is 2.10. The molecule has 2 aromatic heterocycles. The van der Waals surface area contributed by atoms with Gasteiger partial charge in [-0.25, -0.2) is 0 Å². The molecule has 0 spiro atoms. The van der Waals surface area contributed by atoms with Crippen molar-refractivity contribution >= 4 is 17.5 Å². The van der Waals surface area contributed by atoms with Crippen molar-refractivity contribution in [2.75, 3.05) is 19.0 Å². The predicted octanol–water partition coefficient (Wildman–Crippen LogP) is 1.58. The van der Waals surface area contributed by atoms with Gasteiger partial charge in [0.25, 0.3) is 0 Å². The van der Waals surface area contributed by atoms with Gasteiger partial charge < -0.3 is 10.1 Å². The number of pyridine rings is 1. The molecule has 7 heteroatoms. The molecule has 6 nitrogen and oxygen atoms in total. The summed E-state index contributed by atoms with van der Waals surface area (Å²) in [5.41, 5.74) is 1.18. The monoisotopic (exact) mass is 265 g/mol. The van der Waals surface area contributed by atoms with E-state index in [1.54, 1.807) is 12.4 Å². The summed E-state index contributed by atoms with van der Waals surface area (Å²) in [6, 6.07) is 4.12. The second-order valence-corrected chi connectivity index (χ2v) is 3.79. The fourth-order valence-electron chi connectivity index (χ4n) is 1.37. The van der Waals surface area contributed by atoms with Crippen LogP contribution >= 0.6 is 11.6 Å². The molecule has 0 radical (unpaired) electrons. The Labute approximate surface area is 109 Å². The molecule has 0 bridgehead atoms. The van der Waals surface area contributed by atoms with Gasteiger partial charge in [0, 0.05) is 18.9 Å². The molecular weight excluding hydrogens is 254 g/mol. The van der Waals surface area contributed by atoms with E-state index in [4.69, 9.17) is 16.3 Å². The summed E-state index contributed by atoms with van der Waals surface area (Å²) in [7, 11) is 1.48. The van der Waals surface area contributed by atoms with E-state index in [0.29, 0.717) is 12.5 Å². The number of rotatable bonds is 5. The summed E-state index contributed by atoms with van der Waals surface area (Å²) in [6.45, 7) is 0.688. The van der Waals surface area contributed by atoms with Crippen LogP contribution < -0.4 is 10.1 Å². The van der Waals surface area contributed by atoms with E-state index >= 15 is 0 Å². The average Bonchev–Trinajstić information content (AvgIpc) is 2.39. The number of aromatic nitrogens is 4. The van der Waals surface area contributed by atoms with E-state index in [1.165, 1.54) is 12.7 Å². The SMILES string of the molecule is COc1nc(Cl)nc(NCCc2ccncc2)n1. The van der Waals surface area contributed by atoms with E-state index in [0.717, 1.165) is 6.42 Å². The van der Waals surface area contributed by atoms with Crippen LogP contribution in [0.1, 0.15) is 5.56 Å². The lowest BCUT2D eigenvalue weighted by atomic mass is 10.2. The highest BCUT2D eigenvalue weighted by atomic mass is 35.5. The van der Waals surface area contributed by atoms with Gasteiger partial charge >= 0.3 is 6.01 Å². The Morgan fingerprint density at radius 2 is 2.00 bits per heavy atom.